The molecule has 4 aliphatic carbocycles. The first kappa shape index (κ1) is 15.4. The van der Waals surface area contributed by atoms with Gasteiger partial charge in [0.15, 0.2) is 0 Å². The Balaban J connectivity index is 1.65. The van der Waals surface area contributed by atoms with Gasteiger partial charge in [-0.1, -0.05) is 56.3 Å². The van der Waals surface area contributed by atoms with Crippen molar-refractivity contribution in [1.29, 1.82) is 0 Å². The SMILES string of the molecule is CN1C(c2ccccc2)=NC2C=C3C(=CC21C)C1(C)CCC3(C)CC1. The van der Waals surface area contributed by atoms with Gasteiger partial charge in [0.1, 0.15) is 5.84 Å². The molecule has 130 valence electrons. The van der Waals surface area contributed by atoms with Crippen LogP contribution in [0.2, 0.25) is 0 Å². The molecule has 0 spiro atoms. The maximum atomic E-state index is 5.18. The van der Waals surface area contributed by atoms with E-state index in [1.165, 1.54) is 31.2 Å². The van der Waals surface area contributed by atoms with Crippen molar-refractivity contribution in [1.82, 2.24) is 4.90 Å². The largest absolute Gasteiger partial charge is 0.348 e. The lowest BCUT2D eigenvalue weighted by Crippen LogP contribution is -2.52. The van der Waals surface area contributed by atoms with Crippen molar-refractivity contribution in [2.24, 2.45) is 15.8 Å². The van der Waals surface area contributed by atoms with Crippen molar-refractivity contribution in [3.8, 4) is 0 Å². The average molecular weight is 332 g/mol. The van der Waals surface area contributed by atoms with Gasteiger partial charge < -0.3 is 4.90 Å². The second kappa shape index (κ2) is 4.66. The maximum Gasteiger partial charge on any atom is 0.132 e. The first-order chi connectivity index (χ1) is 11.9. The molecular formula is C23H28N2. The van der Waals surface area contributed by atoms with Crippen LogP contribution in [-0.2, 0) is 0 Å². The molecule has 1 aromatic rings. The third-order valence-corrected chi connectivity index (χ3v) is 7.74. The Morgan fingerprint density at radius 2 is 1.52 bits per heavy atom. The third-order valence-electron chi connectivity index (χ3n) is 7.74. The molecule has 0 radical (unpaired) electrons. The minimum absolute atomic E-state index is 0.0408. The summed E-state index contributed by atoms with van der Waals surface area (Å²) in [5.74, 6) is 1.13. The van der Waals surface area contributed by atoms with Crippen molar-refractivity contribution < 1.29 is 0 Å². The van der Waals surface area contributed by atoms with E-state index in [1.54, 1.807) is 11.1 Å². The molecule has 2 bridgehead atoms. The van der Waals surface area contributed by atoms with Gasteiger partial charge in [-0.15, -0.1) is 0 Å². The number of amidine groups is 1. The highest BCUT2D eigenvalue weighted by atomic mass is 15.3. The molecule has 2 unspecified atom stereocenters. The quantitative estimate of drug-likeness (QED) is 0.709. The molecular weight excluding hydrogens is 304 g/mol. The van der Waals surface area contributed by atoms with Crippen LogP contribution in [0.25, 0.3) is 0 Å². The molecule has 1 aromatic carbocycles. The summed E-state index contributed by atoms with van der Waals surface area (Å²) in [6.45, 7) is 7.34. The Labute approximate surface area is 151 Å². The Morgan fingerprint density at radius 3 is 2.16 bits per heavy atom. The predicted molar refractivity (Wildman–Crippen MR) is 104 cm³/mol. The zero-order valence-electron chi connectivity index (χ0n) is 15.8. The smallest absolute Gasteiger partial charge is 0.132 e. The van der Waals surface area contributed by atoms with Gasteiger partial charge in [0.25, 0.3) is 0 Å². The number of rotatable bonds is 1. The number of hydrogen-bond donors (Lipinski definition) is 0. The molecule has 0 amide bonds. The Kier molecular flexibility index (Phi) is 2.88. The van der Waals surface area contributed by atoms with Crippen molar-refractivity contribution in [3.63, 3.8) is 0 Å². The molecule has 6 rings (SSSR count). The van der Waals surface area contributed by atoms with Crippen molar-refractivity contribution in [2.45, 2.75) is 58.0 Å². The van der Waals surface area contributed by atoms with Crippen LogP contribution in [0.15, 0.2) is 58.6 Å². The lowest BCUT2D eigenvalue weighted by molar-refractivity contribution is 0.114. The van der Waals surface area contributed by atoms with Crippen LogP contribution in [0.5, 0.6) is 0 Å². The minimum Gasteiger partial charge on any atom is -0.348 e. The predicted octanol–water partition coefficient (Wildman–Crippen LogP) is 4.97. The van der Waals surface area contributed by atoms with Crippen LogP contribution < -0.4 is 0 Å². The second-order valence-corrected chi connectivity index (χ2v) is 9.31. The summed E-state index contributed by atoms with van der Waals surface area (Å²) in [7, 11) is 2.22. The Bertz CT molecular complexity index is 821. The van der Waals surface area contributed by atoms with E-state index in [9.17, 15) is 0 Å². The van der Waals surface area contributed by atoms with E-state index >= 15 is 0 Å². The number of likely N-dealkylation sites (N-methyl/N-ethyl adjacent to an activating group) is 1. The first-order valence-electron chi connectivity index (χ1n) is 9.69. The molecule has 2 nitrogen and oxygen atoms in total. The van der Waals surface area contributed by atoms with Crippen LogP contribution in [0.1, 0.15) is 52.0 Å². The van der Waals surface area contributed by atoms with Crippen LogP contribution in [0.4, 0.5) is 0 Å². The van der Waals surface area contributed by atoms with E-state index in [1.807, 2.05) is 0 Å². The van der Waals surface area contributed by atoms with Gasteiger partial charge in [-0.05, 0) is 54.6 Å². The summed E-state index contributed by atoms with van der Waals surface area (Å²) >= 11 is 0. The van der Waals surface area contributed by atoms with Gasteiger partial charge in [-0.2, -0.15) is 0 Å². The van der Waals surface area contributed by atoms with Crippen molar-refractivity contribution in [2.75, 3.05) is 7.05 Å². The van der Waals surface area contributed by atoms with Gasteiger partial charge in [0.05, 0.1) is 11.6 Å². The zero-order chi connectivity index (χ0) is 17.4. The Hall–Kier alpha value is -1.83. The van der Waals surface area contributed by atoms with Gasteiger partial charge in [-0.25, -0.2) is 0 Å². The molecule has 25 heavy (non-hydrogen) atoms. The number of fused-ring (bicyclic) bond motifs is 3. The molecule has 0 saturated heterocycles. The highest BCUT2D eigenvalue weighted by Gasteiger charge is 2.55. The van der Waals surface area contributed by atoms with E-state index in [-0.39, 0.29) is 11.6 Å². The van der Waals surface area contributed by atoms with Crippen LogP contribution in [0.3, 0.4) is 0 Å². The van der Waals surface area contributed by atoms with E-state index in [0.29, 0.717) is 10.8 Å². The second-order valence-electron chi connectivity index (χ2n) is 9.31. The number of allylic oxidation sites excluding steroid dienone is 2. The first-order valence-corrected chi connectivity index (χ1v) is 9.69. The Morgan fingerprint density at radius 1 is 0.920 bits per heavy atom. The molecule has 3 fully saturated rings. The highest BCUT2D eigenvalue weighted by molar-refractivity contribution is 6.01. The molecule has 3 saturated carbocycles. The van der Waals surface area contributed by atoms with Crippen LogP contribution >= 0.6 is 0 Å². The fraction of sp³-hybridized carbons (Fsp3) is 0.522. The van der Waals surface area contributed by atoms with E-state index in [4.69, 9.17) is 4.99 Å². The highest BCUT2D eigenvalue weighted by Crippen LogP contribution is 2.64. The van der Waals surface area contributed by atoms with Crippen LogP contribution in [0, 0.1) is 10.8 Å². The molecule has 2 atom stereocenters. The van der Waals surface area contributed by atoms with Crippen molar-refractivity contribution >= 4 is 5.84 Å². The van der Waals surface area contributed by atoms with Crippen molar-refractivity contribution in [3.05, 3.63) is 59.2 Å². The van der Waals surface area contributed by atoms with E-state index in [2.05, 4.69) is 75.2 Å². The summed E-state index contributed by atoms with van der Waals surface area (Å²) in [5.41, 5.74) is 5.16. The summed E-state index contributed by atoms with van der Waals surface area (Å²) < 4.78 is 0. The van der Waals surface area contributed by atoms with E-state index in [0.717, 1.165) is 5.84 Å². The molecule has 5 aliphatic rings. The molecule has 2 heteroatoms. The summed E-state index contributed by atoms with van der Waals surface area (Å²) in [6.07, 6.45) is 10.5. The summed E-state index contributed by atoms with van der Waals surface area (Å²) in [6, 6.07) is 10.9. The molecule has 0 aromatic heterocycles. The van der Waals surface area contributed by atoms with Gasteiger partial charge >= 0.3 is 0 Å². The molecule has 0 N–H and O–H groups in total. The molecule has 1 heterocycles. The monoisotopic (exact) mass is 332 g/mol. The van der Waals surface area contributed by atoms with Gasteiger partial charge in [0.2, 0.25) is 0 Å². The fourth-order valence-corrected chi connectivity index (χ4v) is 5.55. The zero-order valence-corrected chi connectivity index (χ0v) is 15.8. The normalized spacial score (nSPS) is 41.7. The topological polar surface area (TPSA) is 15.6 Å². The fourth-order valence-electron chi connectivity index (χ4n) is 5.55. The number of benzene rings is 1. The lowest BCUT2D eigenvalue weighted by atomic mass is 9.48. The number of hydrogen-bond acceptors (Lipinski definition) is 2. The lowest BCUT2D eigenvalue weighted by Gasteiger charge is -2.57. The van der Waals surface area contributed by atoms with E-state index < -0.39 is 0 Å². The summed E-state index contributed by atoms with van der Waals surface area (Å²) in [5, 5.41) is 0. The van der Waals surface area contributed by atoms with Gasteiger partial charge in [0, 0.05) is 12.6 Å². The summed E-state index contributed by atoms with van der Waals surface area (Å²) in [4.78, 5) is 7.59. The molecule has 1 aliphatic heterocycles. The minimum atomic E-state index is -0.0408. The number of aliphatic imine (C=N–C) groups is 1. The average Bonchev–Trinajstić information content (AvgIpc) is 2.88. The number of nitrogens with zero attached hydrogens (tertiary/aromatic N) is 2. The maximum absolute atomic E-state index is 5.18. The van der Waals surface area contributed by atoms with Gasteiger partial charge in [-0.3, -0.25) is 4.99 Å². The standard InChI is InChI=1S/C23H28N2/c1-21-10-12-22(2,13-11-21)18-15-23(3)19(14-17(18)21)24-20(25(23)4)16-8-6-5-7-9-16/h5-9,14-15,19H,10-13H2,1-4H3. The van der Waals surface area contributed by atoms with Crippen LogP contribution in [-0.4, -0.2) is 29.4 Å². The third kappa shape index (κ3) is 1.89.